The monoisotopic (exact) mass is 487 g/mol. The lowest BCUT2D eigenvalue weighted by atomic mass is 9.91. The van der Waals surface area contributed by atoms with Crippen molar-refractivity contribution in [3.63, 3.8) is 0 Å². The molecule has 0 bridgehead atoms. The molecule has 164 valence electrons. The van der Waals surface area contributed by atoms with Crippen molar-refractivity contribution in [1.29, 1.82) is 5.41 Å². The topological polar surface area (TPSA) is 89.7 Å². The minimum absolute atomic E-state index is 0.0425. The molecule has 1 aliphatic heterocycles. The first kappa shape index (κ1) is 22.3. The SMILES string of the molecule is CN(C(=N)N1CC(c2ccncc2)C(c2ccc(Cl)cc2)=N1)S(=O)(=O)c1ccc(Cl)cc1. The zero-order valence-corrected chi connectivity index (χ0v) is 19.3. The van der Waals surface area contributed by atoms with Crippen molar-refractivity contribution in [3.05, 3.63) is 94.2 Å². The first-order chi connectivity index (χ1) is 15.3. The summed E-state index contributed by atoms with van der Waals surface area (Å²) < 4.78 is 27.0. The van der Waals surface area contributed by atoms with Crippen LogP contribution >= 0.6 is 23.2 Å². The number of hydrazone groups is 1. The Bertz CT molecular complexity index is 1260. The van der Waals surface area contributed by atoms with Gasteiger partial charge in [0, 0.05) is 35.4 Å². The average molecular weight is 488 g/mol. The Morgan fingerprint density at radius 1 is 1.00 bits per heavy atom. The fraction of sp³-hybridized carbons (Fsp3) is 0.136. The summed E-state index contributed by atoms with van der Waals surface area (Å²) in [7, 11) is -2.61. The molecule has 3 aromatic rings. The van der Waals surface area contributed by atoms with Gasteiger partial charge in [-0.25, -0.2) is 17.7 Å². The number of pyridine rings is 1. The molecule has 0 saturated carbocycles. The van der Waals surface area contributed by atoms with E-state index < -0.39 is 10.0 Å². The summed E-state index contributed by atoms with van der Waals surface area (Å²) in [6, 6.07) is 16.8. The standard InChI is InChI=1S/C22H19Cl2N5O2S/c1-28(32(30,31)19-8-6-18(24)7-9-19)22(25)29-14-20(15-10-12-26-13-11-15)21(27-29)16-2-4-17(23)5-3-16/h2-13,20,25H,14H2,1H3. The lowest BCUT2D eigenvalue weighted by Crippen LogP contribution is -2.41. The summed E-state index contributed by atoms with van der Waals surface area (Å²) in [5, 5.41) is 15.6. The molecule has 0 fully saturated rings. The van der Waals surface area contributed by atoms with Crippen molar-refractivity contribution in [2.75, 3.05) is 13.6 Å². The number of rotatable bonds is 4. The minimum atomic E-state index is -3.95. The zero-order valence-electron chi connectivity index (χ0n) is 17.0. The highest BCUT2D eigenvalue weighted by molar-refractivity contribution is 7.89. The third kappa shape index (κ3) is 4.34. The number of hydrogen-bond acceptors (Lipinski definition) is 5. The molecule has 32 heavy (non-hydrogen) atoms. The molecule has 1 aromatic heterocycles. The Kier molecular flexibility index (Phi) is 6.19. The molecule has 2 heterocycles. The van der Waals surface area contributed by atoms with Gasteiger partial charge in [0.1, 0.15) is 0 Å². The van der Waals surface area contributed by atoms with Gasteiger partial charge in [-0.1, -0.05) is 35.3 Å². The van der Waals surface area contributed by atoms with Crippen LogP contribution in [-0.2, 0) is 10.0 Å². The second-order valence-corrected chi connectivity index (χ2v) is 10.00. The van der Waals surface area contributed by atoms with Gasteiger partial charge in [0.2, 0.25) is 5.96 Å². The van der Waals surface area contributed by atoms with Gasteiger partial charge in [0.15, 0.2) is 0 Å². The van der Waals surface area contributed by atoms with E-state index >= 15 is 0 Å². The zero-order chi connectivity index (χ0) is 22.9. The van der Waals surface area contributed by atoms with Gasteiger partial charge >= 0.3 is 0 Å². The maximum atomic E-state index is 13.0. The molecule has 1 atom stereocenters. The third-order valence-corrected chi connectivity index (χ3v) is 7.44. The fourth-order valence-electron chi connectivity index (χ4n) is 3.41. The number of sulfonamides is 1. The normalized spacial score (nSPS) is 16.0. The Morgan fingerprint density at radius 2 is 1.56 bits per heavy atom. The summed E-state index contributed by atoms with van der Waals surface area (Å²) in [5.41, 5.74) is 2.52. The smallest absolute Gasteiger partial charge is 0.266 e. The lowest BCUT2D eigenvalue weighted by Gasteiger charge is -2.25. The number of benzene rings is 2. The molecular formula is C22H19Cl2N5O2S. The summed E-state index contributed by atoms with van der Waals surface area (Å²) in [6.07, 6.45) is 3.39. The van der Waals surface area contributed by atoms with Crippen LogP contribution in [0.5, 0.6) is 0 Å². The summed E-state index contributed by atoms with van der Waals surface area (Å²) in [5.74, 6) is -0.436. The van der Waals surface area contributed by atoms with Crippen molar-refractivity contribution in [2.45, 2.75) is 10.8 Å². The van der Waals surface area contributed by atoms with E-state index in [9.17, 15) is 8.42 Å². The Balaban J connectivity index is 1.67. The first-order valence-corrected chi connectivity index (χ1v) is 11.8. The van der Waals surface area contributed by atoms with E-state index in [1.807, 2.05) is 24.3 Å². The Morgan fingerprint density at radius 3 is 2.16 bits per heavy atom. The van der Waals surface area contributed by atoms with Crippen LogP contribution < -0.4 is 0 Å². The van der Waals surface area contributed by atoms with Gasteiger partial charge in [-0.3, -0.25) is 10.4 Å². The van der Waals surface area contributed by atoms with Gasteiger partial charge in [-0.05, 0) is 59.7 Å². The fourth-order valence-corrected chi connectivity index (χ4v) is 4.78. The first-order valence-electron chi connectivity index (χ1n) is 9.62. The molecule has 0 spiro atoms. The largest absolute Gasteiger partial charge is 0.267 e. The van der Waals surface area contributed by atoms with Crippen molar-refractivity contribution in [2.24, 2.45) is 5.10 Å². The van der Waals surface area contributed by atoms with Gasteiger partial charge in [0.05, 0.1) is 17.2 Å². The number of hydrogen-bond donors (Lipinski definition) is 1. The number of nitrogens with zero attached hydrogens (tertiary/aromatic N) is 4. The molecule has 0 radical (unpaired) electrons. The van der Waals surface area contributed by atoms with Crippen molar-refractivity contribution in [1.82, 2.24) is 14.3 Å². The minimum Gasteiger partial charge on any atom is -0.267 e. The molecule has 1 unspecified atom stereocenters. The lowest BCUT2D eigenvalue weighted by molar-refractivity contribution is 0.421. The molecular weight excluding hydrogens is 469 g/mol. The average Bonchev–Trinajstić information content (AvgIpc) is 3.25. The molecule has 0 aliphatic carbocycles. The molecule has 2 aromatic carbocycles. The molecule has 7 nitrogen and oxygen atoms in total. The number of guanidine groups is 1. The van der Waals surface area contributed by atoms with E-state index in [0.717, 1.165) is 21.1 Å². The Labute approximate surface area is 196 Å². The van der Waals surface area contributed by atoms with E-state index in [1.165, 1.54) is 36.3 Å². The molecule has 0 amide bonds. The molecule has 0 saturated heterocycles. The molecule has 4 rings (SSSR count). The van der Waals surface area contributed by atoms with Gasteiger partial charge in [-0.2, -0.15) is 5.10 Å². The van der Waals surface area contributed by atoms with E-state index in [4.69, 9.17) is 28.6 Å². The van der Waals surface area contributed by atoms with Crippen LogP contribution in [0.4, 0.5) is 0 Å². The number of halogens is 2. The van der Waals surface area contributed by atoms with Crippen molar-refractivity contribution >= 4 is 44.9 Å². The van der Waals surface area contributed by atoms with Gasteiger partial charge in [0.25, 0.3) is 10.0 Å². The predicted molar refractivity (Wildman–Crippen MR) is 126 cm³/mol. The van der Waals surface area contributed by atoms with Crippen molar-refractivity contribution in [3.8, 4) is 0 Å². The number of nitrogens with one attached hydrogen (secondary N) is 1. The van der Waals surface area contributed by atoms with Crippen LogP contribution in [0.25, 0.3) is 0 Å². The quantitative estimate of drug-likeness (QED) is 0.434. The maximum absolute atomic E-state index is 13.0. The highest BCUT2D eigenvalue weighted by Gasteiger charge is 2.35. The highest BCUT2D eigenvalue weighted by Crippen LogP contribution is 2.30. The van der Waals surface area contributed by atoms with Gasteiger partial charge in [-0.15, -0.1) is 0 Å². The van der Waals surface area contributed by atoms with Gasteiger partial charge < -0.3 is 0 Å². The summed E-state index contributed by atoms with van der Waals surface area (Å²) in [6.45, 7) is 0.307. The predicted octanol–water partition coefficient (Wildman–Crippen LogP) is 4.45. The third-order valence-electron chi connectivity index (χ3n) is 5.18. The van der Waals surface area contributed by atoms with Crippen LogP contribution in [0.1, 0.15) is 17.0 Å². The maximum Gasteiger partial charge on any atom is 0.266 e. The van der Waals surface area contributed by atoms with E-state index in [1.54, 1.807) is 24.5 Å². The van der Waals surface area contributed by atoms with Crippen molar-refractivity contribution < 1.29 is 8.42 Å². The molecule has 1 N–H and O–H groups in total. The van der Waals surface area contributed by atoms with Crippen LogP contribution in [0, 0.1) is 5.41 Å². The van der Waals surface area contributed by atoms with Crippen LogP contribution in [-0.4, -0.2) is 48.0 Å². The van der Waals surface area contributed by atoms with E-state index in [0.29, 0.717) is 16.6 Å². The number of aromatic nitrogens is 1. The second-order valence-electron chi connectivity index (χ2n) is 7.16. The van der Waals surface area contributed by atoms with Crippen LogP contribution in [0.2, 0.25) is 10.0 Å². The summed E-state index contributed by atoms with van der Waals surface area (Å²) >= 11 is 11.9. The highest BCUT2D eigenvalue weighted by atomic mass is 35.5. The Hall–Kier alpha value is -2.94. The second kappa shape index (κ2) is 8.90. The van der Waals surface area contributed by atoms with E-state index in [-0.39, 0.29) is 16.8 Å². The molecule has 10 heteroatoms. The summed E-state index contributed by atoms with van der Waals surface area (Å²) in [4.78, 5) is 4.11. The van der Waals surface area contributed by atoms with Crippen LogP contribution in [0.15, 0.2) is 83.1 Å². The van der Waals surface area contributed by atoms with Crippen LogP contribution in [0.3, 0.4) is 0 Å². The molecule has 1 aliphatic rings. The van der Waals surface area contributed by atoms with E-state index in [2.05, 4.69) is 10.1 Å².